The van der Waals surface area contributed by atoms with Crippen LogP contribution in [0.25, 0.3) is 0 Å². The van der Waals surface area contributed by atoms with Gasteiger partial charge in [-0.05, 0) is 17.7 Å². The lowest BCUT2D eigenvalue weighted by molar-refractivity contribution is 0.0591. The van der Waals surface area contributed by atoms with Gasteiger partial charge in [-0.2, -0.15) is 0 Å². The van der Waals surface area contributed by atoms with Crippen LogP contribution >= 0.6 is 0 Å². The molecule has 70 valence electrons. The highest BCUT2D eigenvalue weighted by Crippen LogP contribution is 2.15. The molecule has 0 N–H and O–H groups in total. The zero-order valence-corrected chi connectivity index (χ0v) is 7.21. The van der Waals surface area contributed by atoms with Crippen LogP contribution in [0.2, 0.25) is 0 Å². The summed E-state index contributed by atoms with van der Waals surface area (Å²) in [6.45, 7) is 1.75. The van der Waals surface area contributed by atoms with E-state index in [1.165, 1.54) is 12.1 Å². The fourth-order valence-corrected chi connectivity index (χ4v) is 1.48. The summed E-state index contributed by atoms with van der Waals surface area (Å²) in [5, 5.41) is 0. The van der Waals surface area contributed by atoms with Crippen LogP contribution in [0.5, 0.6) is 0 Å². The van der Waals surface area contributed by atoms with E-state index in [9.17, 15) is 8.78 Å². The third-order valence-corrected chi connectivity index (χ3v) is 2.23. The summed E-state index contributed by atoms with van der Waals surface area (Å²) >= 11 is 0. The zero-order valence-electron chi connectivity index (χ0n) is 7.21. The molecule has 1 fully saturated rings. The first-order valence-electron chi connectivity index (χ1n) is 4.35. The number of halogens is 2. The Balaban J connectivity index is 1.91. The van der Waals surface area contributed by atoms with Crippen molar-refractivity contribution >= 4 is 0 Å². The molecule has 0 radical (unpaired) electrons. The van der Waals surface area contributed by atoms with Crippen LogP contribution in [0.3, 0.4) is 0 Å². The van der Waals surface area contributed by atoms with E-state index in [-0.39, 0.29) is 5.82 Å². The topological polar surface area (TPSA) is 3.24 Å². The second-order valence-electron chi connectivity index (χ2n) is 3.42. The predicted octanol–water partition coefficient (Wildman–Crippen LogP) is 1.98. The van der Waals surface area contributed by atoms with Crippen LogP contribution in [0.15, 0.2) is 24.3 Å². The molecule has 0 bridgehead atoms. The van der Waals surface area contributed by atoms with Gasteiger partial charge in [0.25, 0.3) is 0 Å². The number of hydrogen-bond acceptors (Lipinski definition) is 1. The van der Waals surface area contributed by atoms with Gasteiger partial charge < -0.3 is 0 Å². The number of rotatable bonds is 2. The van der Waals surface area contributed by atoms with E-state index in [0.29, 0.717) is 13.1 Å². The third-order valence-electron chi connectivity index (χ3n) is 2.23. The normalized spacial score (nSPS) is 18.6. The van der Waals surface area contributed by atoms with Crippen molar-refractivity contribution in [1.29, 1.82) is 0 Å². The molecule has 0 atom stereocenters. The molecule has 13 heavy (non-hydrogen) atoms. The molecule has 0 saturated carbocycles. The number of alkyl halides is 1. The predicted molar refractivity (Wildman–Crippen MR) is 46.6 cm³/mol. The summed E-state index contributed by atoms with van der Waals surface area (Å²) in [5.41, 5.74) is 1.04. The first-order valence-corrected chi connectivity index (χ1v) is 4.35. The smallest absolute Gasteiger partial charge is 0.125 e. The summed E-state index contributed by atoms with van der Waals surface area (Å²) in [6.07, 6.45) is -0.666. The second kappa shape index (κ2) is 3.42. The first kappa shape index (κ1) is 8.63. The quantitative estimate of drug-likeness (QED) is 0.677. The van der Waals surface area contributed by atoms with Gasteiger partial charge in [0, 0.05) is 19.6 Å². The molecule has 0 aliphatic carbocycles. The SMILES string of the molecule is Fc1ccc(CN2CC(F)C2)cc1. The van der Waals surface area contributed by atoms with Crippen molar-refractivity contribution in [2.24, 2.45) is 0 Å². The minimum Gasteiger partial charge on any atom is -0.293 e. The molecule has 1 aromatic carbocycles. The summed E-state index contributed by atoms with van der Waals surface area (Å²) in [5.74, 6) is -0.226. The maximum atomic E-state index is 12.5. The minimum atomic E-state index is -0.666. The molecule has 0 unspecified atom stereocenters. The van der Waals surface area contributed by atoms with Gasteiger partial charge in [-0.3, -0.25) is 4.90 Å². The van der Waals surface area contributed by atoms with Gasteiger partial charge in [0.2, 0.25) is 0 Å². The molecule has 3 heteroatoms. The monoisotopic (exact) mass is 183 g/mol. The van der Waals surface area contributed by atoms with Gasteiger partial charge in [-0.25, -0.2) is 8.78 Å². The molecular formula is C10H11F2N. The number of nitrogens with zero attached hydrogens (tertiary/aromatic N) is 1. The van der Waals surface area contributed by atoms with Crippen LogP contribution in [-0.4, -0.2) is 24.2 Å². The van der Waals surface area contributed by atoms with Crippen LogP contribution in [0, 0.1) is 5.82 Å². The van der Waals surface area contributed by atoms with Crippen LogP contribution in [-0.2, 0) is 6.54 Å². The number of likely N-dealkylation sites (tertiary alicyclic amines) is 1. The van der Waals surface area contributed by atoms with E-state index < -0.39 is 6.17 Å². The standard InChI is InChI=1S/C10H11F2N/c11-9-3-1-8(2-4-9)5-13-6-10(12)7-13/h1-4,10H,5-7H2. The highest BCUT2D eigenvalue weighted by molar-refractivity contribution is 5.16. The number of benzene rings is 1. The van der Waals surface area contributed by atoms with E-state index in [1.54, 1.807) is 12.1 Å². The maximum Gasteiger partial charge on any atom is 0.125 e. The molecule has 1 saturated heterocycles. The molecule has 0 aromatic heterocycles. The van der Waals surface area contributed by atoms with Gasteiger partial charge in [0.05, 0.1) is 0 Å². The van der Waals surface area contributed by atoms with Crippen molar-refractivity contribution in [3.8, 4) is 0 Å². The van der Waals surface area contributed by atoms with E-state index >= 15 is 0 Å². The van der Waals surface area contributed by atoms with Gasteiger partial charge in [0.1, 0.15) is 12.0 Å². The number of hydrogen-bond donors (Lipinski definition) is 0. The van der Waals surface area contributed by atoms with Crippen molar-refractivity contribution in [3.63, 3.8) is 0 Å². The molecule has 0 spiro atoms. The van der Waals surface area contributed by atoms with Crippen LogP contribution < -0.4 is 0 Å². The summed E-state index contributed by atoms with van der Waals surface area (Å²) in [6, 6.07) is 6.34. The summed E-state index contributed by atoms with van der Waals surface area (Å²) in [7, 11) is 0. The van der Waals surface area contributed by atoms with E-state index in [4.69, 9.17) is 0 Å². The molecule has 1 aliphatic heterocycles. The van der Waals surface area contributed by atoms with E-state index in [0.717, 1.165) is 12.1 Å². The third kappa shape index (κ3) is 2.04. The lowest BCUT2D eigenvalue weighted by Crippen LogP contribution is -2.47. The Kier molecular flexibility index (Phi) is 2.27. The molecule has 0 amide bonds. The minimum absolute atomic E-state index is 0.226. The van der Waals surface area contributed by atoms with Gasteiger partial charge in [0.15, 0.2) is 0 Å². The molecule has 1 nitrogen and oxygen atoms in total. The summed E-state index contributed by atoms with van der Waals surface area (Å²) < 4.78 is 24.9. The van der Waals surface area contributed by atoms with Crippen molar-refractivity contribution in [1.82, 2.24) is 4.90 Å². The molecule has 1 heterocycles. The Hall–Kier alpha value is -0.960. The lowest BCUT2D eigenvalue weighted by atomic mass is 10.1. The average Bonchev–Trinajstić information content (AvgIpc) is 2.06. The second-order valence-corrected chi connectivity index (χ2v) is 3.42. The Morgan fingerprint density at radius 2 is 1.85 bits per heavy atom. The first-order chi connectivity index (χ1) is 6.24. The fourth-order valence-electron chi connectivity index (χ4n) is 1.48. The van der Waals surface area contributed by atoms with Crippen molar-refractivity contribution in [2.45, 2.75) is 12.7 Å². The lowest BCUT2D eigenvalue weighted by Gasteiger charge is -2.34. The zero-order chi connectivity index (χ0) is 9.26. The van der Waals surface area contributed by atoms with Gasteiger partial charge in [-0.1, -0.05) is 12.1 Å². The Morgan fingerprint density at radius 1 is 1.23 bits per heavy atom. The highest BCUT2D eigenvalue weighted by atomic mass is 19.1. The molecule has 2 rings (SSSR count). The molecular weight excluding hydrogens is 172 g/mol. The van der Waals surface area contributed by atoms with Crippen molar-refractivity contribution in [3.05, 3.63) is 35.6 Å². The van der Waals surface area contributed by atoms with Crippen molar-refractivity contribution in [2.75, 3.05) is 13.1 Å². The van der Waals surface area contributed by atoms with Gasteiger partial charge in [-0.15, -0.1) is 0 Å². The Morgan fingerprint density at radius 3 is 2.38 bits per heavy atom. The fraction of sp³-hybridized carbons (Fsp3) is 0.400. The Bertz CT molecular complexity index is 277. The van der Waals surface area contributed by atoms with Gasteiger partial charge >= 0.3 is 0 Å². The van der Waals surface area contributed by atoms with Crippen LogP contribution in [0.4, 0.5) is 8.78 Å². The maximum absolute atomic E-state index is 12.5. The average molecular weight is 183 g/mol. The molecule has 1 aliphatic rings. The molecule has 1 aromatic rings. The van der Waals surface area contributed by atoms with Crippen LogP contribution in [0.1, 0.15) is 5.56 Å². The summed E-state index contributed by atoms with van der Waals surface area (Å²) in [4.78, 5) is 2.00. The van der Waals surface area contributed by atoms with E-state index in [2.05, 4.69) is 0 Å². The largest absolute Gasteiger partial charge is 0.293 e. The van der Waals surface area contributed by atoms with E-state index in [1.807, 2.05) is 4.90 Å². The Labute approximate surface area is 76.0 Å². The van der Waals surface area contributed by atoms with Crippen molar-refractivity contribution < 1.29 is 8.78 Å². The highest BCUT2D eigenvalue weighted by Gasteiger charge is 2.25.